The van der Waals surface area contributed by atoms with E-state index in [1.54, 1.807) is 0 Å². The highest BCUT2D eigenvalue weighted by Gasteiger charge is 2.28. The van der Waals surface area contributed by atoms with Gasteiger partial charge in [0.05, 0.1) is 19.1 Å². The molecule has 0 aromatic heterocycles. The van der Waals surface area contributed by atoms with Gasteiger partial charge in [0.2, 0.25) is 5.91 Å². The standard InChI is InChI=1S/C26H33N3O2S/c1-20-12-13-21(2)23(18-20)31-17-8-14-26(3,4)24(30)28-25(32)29(16-9-15-27)19-22-10-6-5-7-11-22/h5-7,10-13,18H,8-9,14,16-17,19H2,1-4H3,(H,28,30,32). The topological polar surface area (TPSA) is 65.4 Å². The zero-order valence-electron chi connectivity index (χ0n) is 19.5. The molecule has 0 fully saturated rings. The number of thiocarbonyl (C=S) groups is 1. The molecule has 2 rings (SSSR count). The van der Waals surface area contributed by atoms with Gasteiger partial charge >= 0.3 is 0 Å². The van der Waals surface area contributed by atoms with Gasteiger partial charge in [-0.25, -0.2) is 0 Å². The van der Waals surface area contributed by atoms with Crippen LogP contribution in [-0.2, 0) is 11.3 Å². The Hall–Kier alpha value is -2.91. The minimum Gasteiger partial charge on any atom is -0.493 e. The zero-order valence-corrected chi connectivity index (χ0v) is 20.3. The Morgan fingerprint density at radius 3 is 2.59 bits per heavy atom. The van der Waals surface area contributed by atoms with Gasteiger partial charge in [0.15, 0.2) is 5.11 Å². The molecule has 0 saturated carbocycles. The van der Waals surface area contributed by atoms with E-state index >= 15 is 0 Å². The first-order valence-electron chi connectivity index (χ1n) is 10.9. The van der Waals surface area contributed by atoms with E-state index in [2.05, 4.69) is 23.5 Å². The number of nitrogens with zero attached hydrogens (tertiary/aromatic N) is 2. The van der Waals surface area contributed by atoms with E-state index in [0.717, 1.165) is 28.9 Å². The van der Waals surface area contributed by atoms with E-state index in [1.807, 2.05) is 69.0 Å². The summed E-state index contributed by atoms with van der Waals surface area (Å²) in [4.78, 5) is 14.8. The number of ether oxygens (including phenoxy) is 1. The van der Waals surface area contributed by atoms with Crippen LogP contribution in [0.1, 0.15) is 49.8 Å². The molecule has 0 bridgehead atoms. The number of carbonyl (C=O) groups is 1. The number of hydrogen-bond donors (Lipinski definition) is 1. The average molecular weight is 452 g/mol. The van der Waals surface area contributed by atoms with Crippen molar-refractivity contribution in [1.29, 1.82) is 5.26 Å². The van der Waals surface area contributed by atoms with Gasteiger partial charge in [-0.15, -0.1) is 0 Å². The van der Waals surface area contributed by atoms with Crippen molar-refractivity contribution in [2.24, 2.45) is 5.41 Å². The monoisotopic (exact) mass is 451 g/mol. The van der Waals surface area contributed by atoms with Crippen molar-refractivity contribution in [3.05, 3.63) is 65.2 Å². The molecule has 0 atom stereocenters. The number of aryl methyl sites for hydroxylation is 2. The first-order valence-corrected chi connectivity index (χ1v) is 11.3. The molecule has 0 saturated heterocycles. The van der Waals surface area contributed by atoms with Crippen LogP contribution in [0.25, 0.3) is 0 Å². The maximum atomic E-state index is 12.9. The van der Waals surface area contributed by atoms with E-state index in [0.29, 0.717) is 37.7 Å². The molecule has 0 aliphatic carbocycles. The Morgan fingerprint density at radius 1 is 1.19 bits per heavy atom. The van der Waals surface area contributed by atoms with Crippen LogP contribution in [0.3, 0.4) is 0 Å². The molecule has 0 heterocycles. The van der Waals surface area contributed by atoms with Crippen molar-refractivity contribution < 1.29 is 9.53 Å². The quantitative estimate of drug-likeness (QED) is 0.392. The first kappa shape index (κ1) is 25.4. The third-order valence-electron chi connectivity index (χ3n) is 5.38. The lowest BCUT2D eigenvalue weighted by molar-refractivity contribution is -0.128. The number of carbonyl (C=O) groups excluding carboxylic acids is 1. The molecule has 0 unspecified atom stereocenters. The Morgan fingerprint density at radius 2 is 1.91 bits per heavy atom. The van der Waals surface area contributed by atoms with Gasteiger partial charge in [0.25, 0.3) is 0 Å². The third-order valence-corrected chi connectivity index (χ3v) is 5.74. The predicted octanol–water partition coefficient (Wildman–Crippen LogP) is 5.31. The van der Waals surface area contributed by atoms with Gasteiger partial charge in [-0.05, 0) is 61.7 Å². The van der Waals surface area contributed by atoms with Crippen LogP contribution in [0.4, 0.5) is 0 Å². The summed E-state index contributed by atoms with van der Waals surface area (Å²) in [5.74, 6) is 0.770. The van der Waals surface area contributed by atoms with Crippen molar-refractivity contribution >= 4 is 23.2 Å². The Bertz CT molecular complexity index is 951. The maximum Gasteiger partial charge on any atom is 0.231 e. The van der Waals surface area contributed by atoms with E-state index in [9.17, 15) is 4.79 Å². The lowest BCUT2D eigenvalue weighted by Crippen LogP contribution is -2.47. The van der Waals surface area contributed by atoms with Gasteiger partial charge in [-0.2, -0.15) is 5.26 Å². The second kappa shape index (κ2) is 12.2. The molecule has 5 nitrogen and oxygen atoms in total. The minimum atomic E-state index is -0.595. The number of nitrogens with one attached hydrogen (secondary N) is 1. The SMILES string of the molecule is Cc1ccc(C)c(OCCCC(C)(C)C(=O)NC(=S)N(CCC#N)Cc2ccccc2)c1. The van der Waals surface area contributed by atoms with Crippen LogP contribution in [-0.4, -0.2) is 29.1 Å². The normalized spacial score (nSPS) is 10.8. The van der Waals surface area contributed by atoms with Crippen molar-refractivity contribution in [2.75, 3.05) is 13.2 Å². The van der Waals surface area contributed by atoms with Crippen molar-refractivity contribution in [1.82, 2.24) is 10.2 Å². The second-order valence-corrected chi connectivity index (χ2v) is 9.07. The van der Waals surface area contributed by atoms with Gasteiger partial charge < -0.3 is 15.0 Å². The van der Waals surface area contributed by atoms with Crippen LogP contribution in [0.5, 0.6) is 5.75 Å². The number of amides is 1. The molecular formula is C26H33N3O2S. The van der Waals surface area contributed by atoms with E-state index < -0.39 is 5.41 Å². The zero-order chi connectivity index (χ0) is 23.6. The largest absolute Gasteiger partial charge is 0.493 e. The summed E-state index contributed by atoms with van der Waals surface area (Å²) in [5.41, 5.74) is 2.75. The molecule has 1 N–H and O–H groups in total. The van der Waals surface area contributed by atoms with Gasteiger partial charge in [-0.3, -0.25) is 4.79 Å². The number of benzene rings is 2. The van der Waals surface area contributed by atoms with Crippen molar-refractivity contribution in [3.8, 4) is 11.8 Å². The first-order chi connectivity index (χ1) is 15.2. The number of rotatable bonds is 10. The fourth-order valence-corrected chi connectivity index (χ4v) is 3.51. The Balaban J connectivity index is 1.88. The smallest absolute Gasteiger partial charge is 0.231 e. The summed E-state index contributed by atoms with van der Waals surface area (Å²) in [6.07, 6.45) is 1.76. The molecule has 1 amide bonds. The van der Waals surface area contributed by atoms with Gasteiger partial charge in [-0.1, -0.05) is 56.3 Å². The minimum absolute atomic E-state index is 0.121. The molecule has 6 heteroatoms. The molecule has 0 aliphatic rings. The number of hydrogen-bond acceptors (Lipinski definition) is 4. The molecule has 2 aromatic carbocycles. The fraction of sp³-hybridized carbons (Fsp3) is 0.423. The highest BCUT2D eigenvalue weighted by molar-refractivity contribution is 7.80. The molecule has 2 aromatic rings. The fourth-order valence-electron chi connectivity index (χ4n) is 3.26. The molecule has 0 radical (unpaired) electrons. The summed E-state index contributed by atoms with van der Waals surface area (Å²) in [7, 11) is 0. The van der Waals surface area contributed by atoms with Crippen LogP contribution in [0.2, 0.25) is 0 Å². The predicted molar refractivity (Wildman–Crippen MR) is 132 cm³/mol. The molecule has 0 aliphatic heterocycles. The maximum absolute atomic E-state index is 12.9. The van der Waals surface area contributed by atoms with E-state index in [-0.39, 0.29) is 5.91 Å². The van der Waals surface area contributed by atoms with Crippen LogP contribution < -0.4 is 10.1 Å². The van der Waals surface area contributed by atoms with Crippen LogP contribution in [0.15, 0.2) is 48.5 Å². The molecule has 170 valence electrons. The Labute approximate surface area is 197 Å². The van der Waals surface area contributed by atoms with Gasteiger partial charge in [0.1, 0.15) is 5.75 Å². The summed E-state index contributed by atoms with van der Waals surface area (Å²) < 4.78 is 5.93. The van der Waals surface area contributed by atoms with Crippen molar-refractivity contribution in [3.63, 3.8) is 0 Å². The summed E-state index contributed by atoms with van der Waals surface area (Å²) in [6, 6.07) is 18.2. The molecular weight excluding hydrogens is 418 g/mol. The second-order valence-electron chi connectivity index (χ2n) is 8.68. The molecule has 0 spiro atoms. The highest BCUT2D eigenvalue weighted by atomic mass is 32.1. The van der Waals surface area contributed by atoms with Gasteiger partial charge in [0, 0.05) is 18.5 Å². The summed E-state index contributed by atoms with van der Waals surface area (Å²) in [5, 5.41) is 12.2. The Kier molecular flexibility index (Phi) is 9.67. The van der Waals surface area contributed by atoms with E-state index in [4.69, 9.17) is 22.2 Å². The lowest BCUT2D eigenvalue weighted by Gasteiger charge is -2.29. The number of nitriles is 1. The molecule has 32 heavy (non-hydrogen) atoms. The highest BCUT2D eigenvalue weighted by Crippen LogP contribution is 2.24. The van der Waals surface area contributed by atoms with E-state index in [1.165, 1.54) is 0 Å². The average Bonchev–Trinajstić information content (AvgIpc) is 2.77. The van der Waals surface area contributed by atoms with Crippen molar-refractivity contribution in [2.45, 2.75) is 53.5 Å². The van der Waals surface area contributed by atoms with Crippen LogP contribution in [0, 0.1) is 30.6 Å². The summed E-state index contributed by atoms with van der Waals surface area (Å²) in [6.45, 7) is 9.47. The summed E-state index contributed by atoms with van der Waals surface area (Å²) >= 11 is 5.52. The lowest BCUT2D eigenvalue weighted by atomic mass is 9.87. The third kappa shape index (κ3) is 7.97. The van der Waals surface area contributed by atoms with Crippen LogP contribution >= 0.6 is 12.2 Å².